The van der Waals surface area contributed by atoms with Crippen LogP contribution in [0, 0.1) is 25.7 Å². The van der Waals surface area contributed by atoms with Crippen LogP contribution in [-0.4, -0.2) is 91.5 Å². The van der Waals surface area contributed by atoms with E-state index in [4.69, 9.17) is 15.2 Å². The number of carbonyl (C=O) groups is 1. The van der Waals surface area contributed by atoms with Crippen LogP contribution in [0.15, 0.2) is 42.6 Å². The number of amides is 1. The van der Waals surface area contributed by atoms with Crippen LogP contribution in [0.4, 0.5) is 27.9 Å². The zero-order valence-electron chi connectivity index (χ0n) is 26.5. The number of hydrogen-bond donors (Lipinski definition) is 3. The summed E-state index contributed by atoms with van der Waals surface area (Å²) < 4.78 is 1.80. The van der Waals surface area contributed by atoms with Gasteiger partial charge in [-0.25, -0.2) is 14.5 Å². The number of piperidine rings is 1. The lowest BCUT2D eigenvalue weighted by atomic mass is 9.92. The lowest BCUT2D eigenvalue weighted by Gasteiger charge is -2.42. The summed E-state index contributed by atoms with van der Waals surface area (Å²) in [5, 5.41) is 21.6. The van der Waals surface area contributed by atoms with Gasteiger partial charge in [0, 0.05) is 69.8 Å². The molecule has 3 aliphatic heterocycles. The molecular formula is C34H43N9O2. The van der Waals surface area contributed by atoms with E-state index in [1.807, 2.05) is 13.2 Å². The first-order valence-electron chi connectivity index (χ1n) is 16.1. The lowest BCUT2D eigenvalue weighted by molar-refractivity contribution is 0.0504. The number of nitrogens with one attached hydrogen (secondary N) is 2. The summed E-state index contributed by atoms with van der Waals surface area (Å²) in [6.45, 7) is 12.1. The zero-order chi connectivity index (χ0) is 31.1. The van der Waals surface area contributed by atoms with Gasteiger partial charge >= 0.3 is 6.09 Å². The normalized spacial score (nSPS) is 18.2. The quantitative estimate of drug-likeness (QED) is 0.250. The SMILES string of the molecule is Cc1cccc(C)c1Nc1nn(C)c2nc(Nc3ccc4c(c3)CN(CC3CCN(CC5CN(C(=O)O)C5)CC3)CC4)ncc12. The van der Waals surface area contributed by atoms with E-state index in [9.17, 15) is 4.79 Å². The highest BCUT2D eigenvalue weighted by Crippen LogP contribution is 2.30. The van der Waals surface area contributed by atoms with Crippen molar-refractivity contribution in [2.45, 2.75) is 39.7 Å². The Morgan fingerprint density at radius 2 is 1.71 bits per heavy atom. The second kappa shape index (κ2) is 12.3. The van der Waals surface area contributed by atoms with Crippen LogP contribution < -0.4 is 10.6 Å². The van der Waals surface area contributed by atoms with Crippen molar-refractivity contribution in [1.82, 2.24) is 34.4 Å². The molecule has 3 N–H and O–H groups in total. The number of aromatic nitrogens is 4. The third-order valence-corrected chi connectivity index (χ3v) is 9.83. The van der Waals surface area contributed by atoms with E-state index in [1.54, 1.807) is 4.68 Å². The minimum atomic E-state index is -0.786. The van der Waals surface area contributed by atoms with Gasteiger partial charge in [-0.3, -0.25) is 4.90 Å². The van der Waals surface area contributed by atoms with Gasteiger partial charge in [-0.1, -0.05) is 24.3 Å². The maximum atomic E-state index is 11.0. The van der Waals surface area contributed by atoms with Crippen molar-refractivity contribution in [2.24, 2.45) is 18.9 Å². The summed E-state index contributed by atoms with van der Waals surface area (Å²) in [6, 6.07) is 12.9. The number of carboxylic acid groups (broad SMARTS) is 1. The molecule has 2 saturated heterocycles. The van der Waals surface area contributed by atoms with Crippen molar-refractivity contribution >= 4 is 40.3 Å². The van der Waals surface area contributed by atoms with E-state index < -0.39 is 6.09 Å². The Labute approximate surface area is 264 Å². The Kier molecular flexibility index (Phi) is 8.05. The van der Waals surface area contributed by atoms with E-state index >= 15 is 0 Å². The van der Waals surface area contributed by atoms with Crippen LogP contribution in [-0.2, 0) is 20.0 Å². The Balaban J connectivity index is 0.953. The van der Waals surface area contributed by atoms with E-state index in [-0.39, 0.29) is 0 Å². The van der Waals surface area contributed by atoms with Crippen LogP contribution in [0.2, 0.25) is 0 Å². The van der Waals surface area contributed by atoms with E-state index in [2.05, 4.69) is 75.7 Å². The second-order valence-electron chi connectivity index (χ2n) is 13.2. The summed E-state index contributed by atoms with van der Waals surface area (Å²) in [7, 11) is 1.91. The number of rotatable bonds is 8. The van der Waals surface area contributed by atoms with Crippen LogP contribution in [0.3, 0.4) is 0 Å². The molecule has 0 saturated carbocycles. The Morgan fingerprint density at radius 1 is 0.956 bits per heavy atom. The highest BCUT2D eigenvalue weighted by molar-refractivity contribution is 5.90. The average molecular weight is 610 g/mol. The molecular weight excluding hydrogens is 566 g/mol. The van der Waals surface area contributed by atoms with Crippen LogP contribution >= 0.6 is 0 Å². The fraction of sp³-hybridized carbons (Fsp3) is 0.471. The molecule has 236 valence electrons. The van der Waals surface area contributed by atoms with E-state index in [0.717, 1.165) is 73.9 Å². The van der Waals surface area contributed by atoms with E-state index in [1.165, 1.54) is 40.0 Å². The molecule has 45 heavy (non-hydrogen) atoms. The van der Waals surface area contributed by atoms with Crippen molar-refractivity contribution in [3.63, 3.8) is 0 Å². The average Bonchev–Trinajstić information content (AvgIpc) is 3.31. The molecule has 0 spiro atoms. The van der Waals surface area contributed by atoms with Gasteiger partial charge in [0.2, 0.25) is 5.95 Å². The maximum Gasteiger partial charge on any atom is 0.407 e. The summed E-state index contributed by atoms with van der Waals surface area (Å²) >= 11 is 0. The standard InChI is InChI=1S/C34H43N9O2/c1-22-5-4-6-23(2)30(22)37-31-29-16-35-33(38-32(29)40(3)39-31)36-28-8-7-26-11-14-42(21-27(26)15-28)17-24-9-12-41(13-10-24)18-25-19-43(20-25)34(44)45/h4-8,15-16,24-25H,9-14,17-21H2,1-3H3,(H,37,39)(H,44,45)(H,35,36,38). The maximum absolute atomic E-state index is 11.0. The van der Waals surface area contributed by atoms with Crippen molar-refractivity contribution < 1.29 is 9.90 Å². The van der Waals surface area contributed by atoms with Crippen molar-refractivity contribution in [1.29, 1.82) is 0 Å². The number of anilines is 4. The van der Waals surface area contributed by atoms with Gasteiger partial charge in [0.05, 0.1) is 5.39 Å². The molecule has 2 aromatic heterocycles. The van der Waals surface area contributed by atoms with Crippen molar-refractivity contribution in [3.8, 4) is 0 Å². The third-order valence-electron chi connectivity index (χ3n) is 9.83. The predicted molar refractivity (Wildman–Crippen MR) is 176 cm³/mol. The molecule has 0 unspecified atom stereocenters. The number of likely N-dealkylation sites (tertiary alicyclic amines) is 2. The molecule has 11 nitrogen and oxygen atoms in total. The zero-order valence-corrected chi connectivity index (χ0v) is 26.5. The number of aryl methyl sites for hydroxylation is 3. The largest absolute Gasteiger partial charge is 0.465 e. The first kappa shape index (κ1) is 29.5. The molecule has 3 aliphatic rings. The monoisotopic (exact) mass is 609 g/mol. The number of benzene rings is 2. The summed E-state index contributed by atoms with van der Waals surface area (Å²) in [4.78, 5) is 27.2. The van der Waals surface area contributed by atoms with Gasteiger partial charge in [-0.15, -0.1) is 0 Å². The van der Waals surface area contributed by atoms with Crippen LogP contribution in [0.5, 0.6) is 0 Å². The molecule has 4 aromatic rings. The first-order chi connectivity index (χ1) is 21.8. The lowest BCUT2D eigenvalue weighted by Crippen LogP contribution is -2.54. The van der Waals surface area contributed by atoms with Gasteiger partial charge in [0.15, 0.2) is 11.5 Å². The third kappa shape index (κ3) is 6.32. The number of para-hydroxylation sites is 1. The second-order valence-corrected chi connectivity index (χ2v) is 13.2. The predicted octanol–water partition coefficient (Wildman–Crippen LogP) is 5.15. The molecule has 7 rings (SSSR count). The minimum absolute atomic E-state index is 0.498. The molecule has 0 bridgehead atoms. The van der Waals surface area contributed by atoms with Gasteiger partial charge in [-0.2, -0.15) is 10.1 Å². The smallest absolute Gasteiger partial charge is 0.407 e. The van der Waals surface area contributed by atoms with Gasteiger partial charge in [0.25, 0.3) is 0 Å². The van der Waals surface area contributed by atoms with E-state index in [0.29, 0.717) is 30.9 Å². The Morgan fingerprint density at radius 3 is 2.47 bits per heavy atom. The first-order valence-corrected chi connectivity index (χ1v) is 16.1. The highest BCUT2D eigenvalue weighted by Gasteiger charge is 2.33. The number of hydrogen-bond acceptors (Lipinski definition) is 8. The summed E-state index contributed by atoms with van der Waals surface area (Å²) in [5.41, 5.74) is 7.96. The fourth-order valence-corrected chi connectivity index (χ4v) is 7.22. The number of fused-ring (bicyclic) bond motifs is 2. The number of nitrogens with zero attached hydrogens (tertiary/aromatic N) is 7. The minimum Gasteiger partial charge on any atom is -0.465 e. The van der Waals surface area contributed by atoms with Gasteiger partial charge in [-0.05, 0) is 86.5 Å². The van der Waals surface area contributed by atoms with Crippen molar-refractivity contribution in [3.05, 3.63) is 64.8 Å². The summed E-state index contributed by atoms with van der Waals surface area (Å²) in [6.07, 6.45) is 4.57. The van der Waals surface area contributed by atoms with Crippen LogP contribution in [0.1, 0.15) is 35.1 Å². The highest BCUT2D eigenvalue weighted by atomic mass is 16.4. The fourth-order valence-electron chi connectivity index (χ4n) is 7.22. The Hall–Kier alpha value is -4.22. The van der Waals surface area contributed by atoms with Gasteiger partial charge in [0.1, 0.15) is 0 Å². The molecule has 2 fully saturated rings. The van der Waals surface area contributed by atoms with Gasteiger partial charge < -0.3 is 25.5 Å². The topological polar surface area (TPSA) is 115 Å². The molecule has 11 heteroatoms. The summed E-state index contributed by atoms with van der Waals surface area (Å²) in [5.74, 6) is 2.52. The van der Waals surface area contributed by atoms with Crippen LogP contribution in [0.25, 0.3) is 11.0 Å². The molecule has 0 atom stereocenters. The Bertz CT molecular complexity index is 1690. The van der Waals surface area contributed by atoms with Crippen molar-refractivity contribution in [2.75, 3.05) is 56.4 Å². The molecule has 0 aliphatic carbocycles. The molecule has 5 heterocycles. The molecule has 0 radical (unpaired) electrons. The molecule has 1 amide bonds. The molecule has 2 aromatic carbocycles.